The number of amides is 1. The number of piperidine rings is 1. The summed E-state index contributed by atoms with van der Waals surface area (Å²) in [6.07, 6.45) is -0.173. The van der Waals surface area contributed by atoms with E-state index in [1.54, 1.807) is 26.1 Å². The molecule has 1 fully saturated rings. The van der Waals surface area contributed by atoms with E-state index in [0.29, 0.717) is 25.3 Å². The standard InChI is InChI=1S/C26H34N2O5S/c1-19(2)22-10-12-24(13-11-22)34(31,32)28-16-14-23(15-17-28)26(30)33-20(3)25(29)27(4)18-21-8-6-5-7-9-21/h5-13,19-20,23H,14-18H2,1-4H3. The summed E-state index contributed by atoms with van der Waals surface area (Å²) in [6, 6.07) is 16.6. The van der Waals surface area contributed by atoms with Crippen LogP contribution in [0.5, 0.6) is 0 Å². The van der Waals surface area contributed by atoms with Crippen LogP contribution in [0.4, 0.5) is 0 Å². The van der Waals surface area contributed by atoms with Crippen LogP contribution < -0.4 is 0 Å². The Morgan fingerprint density at radius 2 is 1.59 bits per heavy atom. The lowest BCUT2D eigenvalue weighted by Crippen LogP contribution is -2.42. The molecule has 8 heteroatoms. The zero-order valence-electron chi connectivity index (χ0n) is 20.3. The van der Waals surface area contributed by atoms with E-state index in [1.807, 2.05) is 42.5 Å². The number of benzene rings is 2. The zero-order chi connectivity index (χ0) is 24.9. The van der Waals surface area contributed by atoms with Crippen molar-refractivity contribution in [2.45, 2.75) is 57.1 Å². The second-order valence-electron chi connectivity index (χ2n) is 9.16. The third-order valence-electron chi connectivity index (χ3n) is 6.25. The molecule has 1 aliphatic heterocycles. The third kappa shape index (κ3) is 6.24. The molecule has 184 valence electrons. The van der Waals surface area contributed by atoms with Crippen LogP contribution >= 0.6 is 0 Å². The Balaban J connectivity index is 1.52. The van der Waals surface area contributed by atoms with Crippen molar-refractivity contribution < 1.29 is 22.7 Å². The van der Waals surface area contributed by atoms with Crippen LogP contribution in [0.2, 0.25) is 0 Å². The number of carbonyl (C=O) groups excluding carboxylic acids is 2. The van der Waals surface area contributed by atoms with Crippen molar-refractivity contribution >= 4 is 21.9 Å². The SMILES string of the molecule is CC(OC(=O)C1CCN(S(=O)(=O)c2ccc(C(C)C)cc2)CC1)C(=O)N(C)Cc1ccccc1. The van der Waals surface area contributed by atoms with Gasteiger partial charge in [0.05, 0.1) is 10.8 Å². The lowest BCUT2D eigenvalue weighted by molar-refractivity contribution is -0.163. The van der Waals surface area contributed by atoms with Crippen LogP contribution in [0.3, 0.4) is 0 Å². The number of carbonyl (C=O) groups is 2. The molecule has 1 aliphatic rings. The summed E-state index contributed by atoms with van der Waals surface area (Å²) in [5.74, 6) is -0.829. The van der Waals surface area contributed by atoms with E-state index >= 15 is 0 Å². The van der Waals surface area contributed by atoms with Gasteiger partial charge in [-0.05, 0) is 48.9 Å². The van der Waals surface area contributed by atoms with Gasteiger partial charge < -0.3 is 9.64 Å². The van der Waals surface area contributed by atoms with E-state index in [-0.39, 0.29) is 23.9 Å². The van der Waals surface area contributed by atoms with Gasteiger partial charge in [-0.3, -0.25) is 9.59 Å². The molecule has 0 saturated carbocycles. The maximum atomic E-state index is 13.0. The highest BCUT2D eigenvalue weighted by Gasteiger charge is 2.34. The molecule has 2 aromatic carbocycles. The van der Waals surface area contributed by atoms with Crippen molar-refractivity contribution in [3.8, 4) is 0 Å². The Kier molecular flexibility index (Phi) is 8.49. The van der Waals surface area contributed by atoms with Gasteiger partial charge >= 0.3 is 5.97 Å². The molecule has 2 aromatic rings. The van der Waals surface area contributed by atoms with Gasteiger partial charge in [0.25, 0.3) is 5.91 Å². The van der Waals surface area contributed by atoms with E-state index in [9.17, 15) is 18.0 Å². The summed E-state index contributed by atoms with van der Waals surface area (Å²) in [4.78, 5) is 27.1. The lowest BCUT2D eigenvalue weighted by atomic mass is 9.98. The van der Waals surface area contributed by atoms with Gasteiger partial charge in [-0.1, -0.05) is 56.3 Å². The summed E-state index contributed by atoms with van der Waals surface area (Å²) in [6.45, 7) is 6.60. The molecule has 0 spiro atoms. The summed E-state index contributed by atoms with van der Waals surface area (Å²) in [5, 5.41) is 0. The van der Waals surface area contributed by atoms with Crippen molar-refractivity contribution in [1.82, 2.24) is 9.21 Å². The maximum absolute atomic E-state index is 13.0. The molecule has 34 heavy (non-hydrogen) atoms. The average molecular weight is 487 g/mol. The second-order valence-corrected chi connectivity index (χ2v) is 11.1. The molecule has 1 heterocycles. The Morgan fingerprint density at radius 3 is 2.15 bits per heavy atom. The summed E-state index contributed by atoms with van der Waals surface area (Å²) < 4.78 is 32.9. The first kappa shape index (κ1) is 25.9. The summed E-state index contributed by atoms with van der Waals surface area (Å²) in [5.41, 5.74) is 2.07. The highest BCUT2D eigenvalue weighted by molar-refractivity contribution is 7.89. The molecule has 1 amide bonds. The van der Waals surface area contributed by atoms with Gasteiger partial charge in [-0.25, -0.2) is 8.42 Å². The van der Waals surface area contributed by atoms with Gasteiger partial charge in [0.15, 0.2) is 6.10 Å². The highest BCUT2D eigenvalue weighted by atomic mass is 32.2. The van der Waals surface area contributed by atoms with Crippen molar-refractivity contribution in [3.05, 3.63) is 65.7 Å². The third-order valence-corrected chi connectivity index (χ3v) is 8.16. The molecule has 0 N–H and O–H groups in total. The molecule has 7 nitrogen and oxygen atoms in total. The monoisotopic (exact) mass is 486 g/mol. The van der Waals surface area contributed by atoms with Crippen LogP contribution in [0.25, 0.3) is 0 Å². The van der Waals surface area contributed by atoms with Crippen molar-refractivity contribution in [1.29, 1.82) is 0 Å². The molecule has 0 aliphatic carbocycles. The predicted molar refractivity (Wildman–Crippen MR) is 130 cm³/mol. The molecule has 0 radical (unpaired) electrons. The first-order valence-electron chi connectivity index (χ1n) is 11.7. The number of hydrogen-bond donors (Lipinski definition) is 0. The fourth-order valence-electron chi connectivity index (χ4n) is 4.07. The molecule has 0 aromatic heterocycles. The number of rotatable bonds is 8. The van der Waals surface area contributed by atoms with Crippen LogP contribution in [-0.4, -0.2) is 55.7 Å². The summed E-state index contributed by atoms with van der Waals surface area (Å²) in [7, 11) is -1.93. The summed E-state index contributed by atoms with van der Waals surface area (Å²) >= 11 is 0. The van der Waals surface area contributed by atoms with E-state index < -0.39 is 28.0 Å². The highest BCUT2D eigenvalue weighted by Crippen LogP contribution is 2.26. The molecule has 0 bridgehead atoms. The predicted octanol–water partition coefficient (Wildman–Crippen LogP) is 3.80. The number of ether oxygens (including phenoxy) is 1. The Hall–Kier alpha value is -2.71. The van der Waals surface area contributed by atoms with Crippen molar-refractivity contribution in [2.24, 2.45) is 5.92 Å². The molecular weight excluding hydrogens is 452 g/mol. The second kappa shape index (κ2) is 11.1. The first-order valence-corrected chi connectivity index (χ1v) is 13.1. The van der Waals surface area contributed by atoms with Gasteiger partial charge in [0, 0.05) is 26.7 Å². The largest absolute Gasteiger partial charge is 0.452 e. The van der Waals surface area contributed by atoms with Crippen molar-refractivity contribution in [2.75, 3.05) is 20.1 Å². The van der Waals surface area contributed by atoms with Gasteiger partial charge in [0.1, 0.15) is 0 Å². The Morgan fingerprint density at radius 1 is 1.00 bits per heavy atom. The number of hydrogen-bond acceptors (Lipinski definition) is 5. The van der Waals surface area contributed by atoms with E-state index in [2.05, 4.69) is 13.8 Å². The number of likely N-dealkylation sites (N-methyl/N-ethyl adjacent to an activating group) is 1. The van der Waals surface area contributed by atoms with Crippen LogP contribution in [-0.2, 0) is 30.9 Å². The lowest BCUT2D eigenvalue weighted by Gasteiger charge is -2.31. The van der Waals surface area contributed by atoms with E-state index in [4.69, 9.17) is 4.74 Å². The minimum absolute atomic E-state index is 0.240. The van der Waals surface area contributed by atoms with Crippen LogP contribution in [0.15, 0.2) is 59.5 Å². The molecule has 1 unspecified atom stereocenters. The van der Waals surface area contributed by atoms with Gasteiger partial charge in [-0.15, -0.1) is 0 Å². The smallest absolute Gasteiger partial charge is 0.309 e. The number of esters is 1. The van der Waals surface area contributed by atoms with E-state index in [1.165, 1.54) is 9.21 Å². The minimum Gasteiger partial charge on any atom is -0.452 e. The maximum Gasteiger partial charge on any atom is 0.309 e. The first-order chi connectivity index (χ1) is 16.1. The van der Waals surface area contributed by atoms with E-state index in [0.717, 1.165) is 11.1 Å². The van der Waals surface area contributed by atoms with Crippen molar-refractivity contribution in [3.63, 3.8) is 0 Å². The number of nitrogens with zero attached hydrogens (tertiary/aromatic N) is 2. The molecular formula is C26H34N2O5S. The van der Waals surface area contributed by atoms with Gasteiger partial charge in [0.2, 0.25) is 10.0 Å². The Bertz CT molecular complexity index is 1080. The fourth-order valence-corrected chi connectivity index (χ4v) is 5.54. The molecule has 3 rings (SSSR count). The van der Waals surface area contributed by atoms with Crippen LogP contribution in [0, 0.1) is 5.92 Å². The quantitative estimate of drug-likeness (QED) is 0.530. The molecule has 1 saturated heterocycles. The topological polar surface area (TPSA) is 84.0 Å². The van der Waals surface area contributed by atoms with Gasteiger partial charge in [-0.2, -0.15) is 4.31 Å². The zero-order valence-corrected chi connectivity index (χ0v) is 21.1. The normalized spacial score (nSPS) is 16.3. The average Bonchev–Trinajstić information content (AvgIpc) is 2.84. The molecule has 1 atom stereocenters. The Labute approximate surface area is 202 Å². The van der Waals surface area contributed by atoms with Crippen LogP contribution in [0.1, 0.15) is 50.7 Å². The number of sulfonamides is 1. The fraction of sp³-hybridized carbons (Fsp3) is 0.462. The minimum atomic E-state index is -3.61.